The van der Waals surface area contributed by atoms with E-state index in [-0.39, 0.29) is 17.6 Å². The molecule has 1 aromatic heterocycles. The van der Waals surface area contributed by atoms with E-state index in [2.05, 4.69) is 26.1 Å². The Hall–Kier alpha value is -1.86. The van der Waals surface area contributed by atoms with Crippen LogP contribution in [0.5, 0.6) is 0 Å². The number of sulfone groups is 1. The second kappa shape index (κ2) is 6.88. The van der Waals surface area contributed by atoms with Gasteiger partial charge in [0.15, 0.2) is 9.84 Å². The Labute approximate surface area is 166 Å². The molecule has 0 bridgehead atoms. The fourth-order valence-corrected chi connectivity index (χ4v) is 6.15. The van der Waals surface area contributed by atoms with Crippen molar-refractivity contribution >= 4 is 15.7 Å². The standard InChI is InChI=1S/C21H29N3O3S/c1-21(2,3)24-19(13-17(23-24)15-8-10-16(25)12-15)22-20-11-9-14-6-4-5-7-18(14)28(20,26)27/h4-7,13,15-16,20,22,25H,8-12H2,1-3H3/t15-,16+,20?/m0/s1. The van der Waals surface area contributed by atoms with E-state index in [0.29, 0.717) is 11.3 Å². The van der Waals surface area contributed by atoms with Crippen LogP contribution < -0.4 is 5.32 Å². The van der Waals surface area contributed by atoms with Crippen LogP contribution in [0.25, 0.3) is 0 Å². The number of aromatic nitrogens is 2. The summed E-state index contributed by atoms with van der Waals surface area (Å²) < 4.78 is 28.2. The number of nitrogens with one attached hydrogen (secondary N) is 1. The minimum atomic E-state index is -3.45. The first kappa shape index (κ1) is 19.5. The summed E-state index contributed by atoms with van der Waals surface area (Å²) in [6.07, 6.45) is 3.43. The van der Waals surface area contributed by atoms with E-state index in [1.807, 2.05) is 22.9 Å². The number of nitrogens with zero attached hydrogens (tertiary/aromatic N) is 2. The quantitative estimate of drug-likeness (QED) is 0.820. The van der Waals surface area contributed by atoms with E-state index in [4.69, 9.17) is 5.10 Å². The van der Waals surface area contributed by atoms with Crippen molar-refractivity contribution in [1.82, 2.24) is 9.78 Å². The maximum absolute atomic E-state index is 13.2. The molecule has 28 heavy (non-hydrogen) atoms. The summed E-state index contributed by atoms with van der Waals surface area (Å²) in [5.74, 6) is 0.958. The van der Waals surface area contributed by atoms with Crippen molar-refractivity contribution in [3.8, 4) is 0 Å². The van der Waals surface area contributed by atoms with Gasteiger partial charge in [-0.1, -0.05) is 18.2 Å². The van der Waals surface area contributed by atoms with Gasteiger partial charge in [-0.3, -0.25) is 0 Å². The number of fused-ring (bicyclic) bond motifs is 1. The van der Waals surface area contributed by atoms with Crippen LogP contribution in [0.1, 0.15) is 63.6 Å². The van der Waals surface area contributed by atoms with Gasteiger partial charge in [0.05, 0.1) is 22.2 Å². The average Bonchev–Trinajstić information content (AvgIpc) is 3.24. The molecular formula is C21H29N3O3S. The van der Waals surface area contributed by atoms with Crippen molar-refractivity contribution in [3.05, 3.63) is 41.6 Å². The van der Waals surface area contributed by atoms with Gasteiger partial charge in [-0.2, -0.15) is 5.10 Å². The van der Waals surface area contributed by atoms with Crippen molar-refractivity contribution in [3.63, 3.8) is 0 Å². The first-order valence-corrected chi connectivity index (χ1v) is 11.6. The molecule has 152 valence electrons. The van der Waals surface area contributed by atoms with E-state index in [9.17, 15) is 13.5 Å². The first-order valence-electron chi connectivity index (χ1n) is 10.0. The molecule has 1 aliphatic carbocycles. The highest BCUT2D eigenvalue weighted by atomic mass is 32.2. The van der Waals surface area contributed by atoms with Crippen LogP contribution in [0.2, 0.25) is 0 Å². The molecule has 1 unspecified atom stereocenters. The molecule has 1 aliphatic heterocycles. The van der Waals surface area contributed by atoms with Crippen molar-refractivity contribution in [1.29, 1.82) is 0 Å². The third-order valence-electron chi connectivity index (χ3n) is 5.83. The molecule has 1 saturated carbocycles. The van der Waals surface area contributed by atoms with E-state index >= 15 is 0 Å². The second-order valence-corrected chi connectivity index (χ2v) is 11.1. The molecule has 0 spiro atoms. The Morgan fingerprint density at radius 2 is 1.93 bits per heavy atom. The lowest BCUT2D eigenvalue weighted by Gasteiger charge is -2.29. The Morgan fingerprint density at radius 3 is 2.61 bits per heavy atom. The summed E-state index contributed by atoms with van der Waals surface area (Å²) in [5, 5.41) is 17.3. The minimum absolute atomic E-state index is 0.225. The number of hydrogen-bond donors (Lipinski definition) is 2. The molecule has 1 fully saturated rings. The molecule has 4 rings (SSSR count). The Morgan fingerprint density at radius 1 is 1.18 bits per heavy atom. The average molecular weight is 404 g/mol. The predicted molar refractivity (Wildman–Crippen MR) is 109 cm³/mol. The highest BCUT2D eigenvalue weighted by molar-refractivity contribution is 7.92. The molecule has 2 aliphatic rings. The molecule has 0 amide bonds. The van der Waals surface area contributed by atoms with Gasteiger partial charge in [0.25, 0.3) is 0 Å². The van der Waals surface area contributed by atoms with Gasteiger partial charge in [-0.15, -0.1) is 0 Å². The largest absolute Gasteiger partial charge is 0.393 e. The summed E-state index contributed by atoms with van der Waals surface area (Å²) in [7, 11) is -3.45. The number of benzene rings is 1. The molecule has 2 aromatic rings. The van der Waals surface area contributed by atoms with Crippen molar-refractivity contribution in [2.75, 3.05) is 5.32 Å². The van der Waals surface area contributed by atoms with Crippen LogP contribution in [0.4, 0.5) is 5.82 Å². The van der Waals surface area contributed by atoms with Gasteiger partial charge in [-0.25, -0.2) is 13.1 Å². The molecule has 2 N–H and O–H groups in total. The normalized spacial score (nSPS) is 26.8. The SMILES string of the molecule is CC(C)(C)n1nc([C@H]2CC[C@@H](O)C2)cc1NC1CCc2ccccc2S1(=O)=O. The number of rotatable bonds is 3. The summed E-state index contributed by atoms with van der Waals surface area (Å²) in [6, 6.07) is 9.24. The molecule has 3 atom stereocenters. The summed E-state index contributed by atoms with van der Waals surface area (Å²) in [4.78, 5) is 0.430. The topological polar surface area (TPSA) is 84.2 Å². The zero-order valence-electron chi connectivity index (χ0n) is 16.7. The maximum Gasteiger partial charge on any atom is 0.199 e. The molecule has 0 radical (unpaired) electrons. The third kappa shape index (κ3) is 3.46. The lowest BCUT2D eigenvalue weighted by atomic mass is 10.0. The minimum Gasteiger partial charge on any atom is -0.393 e. The fourth-order valence-electron chi connectivity index (χ4n) is 4.34. The Kier molecular flexibility index (Phi) is 4.78. The van der Waals surface area contributed by atoms with Gasteiger partial charge in [-0.05, 0) is 64.5 Å². The van der Waals surface area contributed by atoms with Gasteiger partial charge < -0.3 is 10.4 Å². The van der Waals surface area contributed by atoms with Gasteiger partial charge >= 0.3 is 0 Å². The lowest BCUT2D eigenvalue weighted by molar-refractivity contribution is 0.181. The fraction of sp³-hybridized carbons (Fsp3) is 0.571. The molecule has 7 heteroatoms. The molecule has 2 heterocycles. The van der Waals surface area contributed by atoms with Gasteiger partial charge in [0, 0.05) is 12.0 Å². The van der Waals surface area contributed by atoms with Crippen molar-refractivity contribution in [2.24, 2.45) is 0 Å². The number of aliphatic hydroxyl groups excluding tert-OH is 1. The molecule has 0 saturated heterocycles. The van der Waals surface area contributed by atoms with Crippen LogP contribution in [0.3, 0.4) is 0 Å². The lowest BCUT2D eigenvalue weighted by Crippen LogP contribution is -2.36. The van der Waals surface area contributed by atoms with Crippen LogP contribution in [-0.4, -0.2) is 34.8 Å². The zero-order chi connectivity index (χ0) is 20.1. The predicted octanol–water partition coefficient (Wildman–Crippen LogP) is 3.42. The van der Waals surface area contributed by atoms with Crippen LogP contribution >= 0.6 is 0 Å². The number of anilines is 1. The van der Waals surface area contributed by atoms with E-state index in [1.54, 1.807) is 12.1 Å². The van der Waals surface area contributed by atoms with Gasteiger partial charge in [0.1, 0.15) is 11.2 Å². The maximum atomic E-state index is 13.2. The van der Waals surface area contributed by atoms with Crippen LogP contribution in [0.15, 0.2) is 35.2 Å². The molecule has 6 nitrogen and oxygen atoms in total. The van der Waals surface area contributed by atoms with Crippen LogP contribution in [0, 0.1) is 0 Å². The van der Waals surface area contributed by atoms with E-state index < -0.39 is 15.2 Å². The van der Waals surface area contributed by atoms with Gasteiger partial charge in [0.2, 0.25) is 0 Å². The van der Waals surface area contributed by atoms with E-state index in [0.717, 1.165) is 42.8 Å². The van der Waals surface area contributed by atoms with Crippen molar-refractivity contribution in [2.45, 2.75) is 80.7 Å². The second-order valence-electron chi connectivity index (χ2n) is 9.03. The Bertz CT molecular complexity index is 975. The number of hydrogen-bond acceptors (Lipinski definition) is 5. The monoisotopic (exact) mass is 403 g/mol. The summed E-state index contributed by atoms with van der Waals surface area (Å²) >= 11 is 0. The third-order valence-corrected chi connectivity index (χ3v) is 7.94. The summed E-state index contributed by atoms with van der Waals surface area (Å²) in [6.45, 7) is 6.18. The highest BCUT2D eigenvalue weighted by Gasteiger charge is 2.35. The van der Waals surface area contributed by atoms with Crippen LogP contribution in [-0.2, 0) is 21.8 Å². The zero-order valence-corrected chi connectivity index (χ0v) is 17.5. The number of aryl methyl sites for hydroxylation is 1. The van der Waals surface area contributed by atoms with E-state index in [1.165, 1.54) is 0 Å². The number of aliphatic hydroxyl groups is 1. The Balaban J connectivity index is 1.67. The molecular weight excluding hydrogens is 374 g/mol. The van der Waals surface area contributed by atoms with Crippen molar-refractivity contribution < 1.29 is 13.5 Å². The summed E-state index contributed by atoms with van der Waals surface area (Å²) in [5.41, 5.74) is 1.54. The smallest absolute Gasteiger partial charge is 0.199 e. The molecule has 1 aromatic carbocycles. The highest BCUT2D eigenvalue weighted by Crippen LogP contribution is 2.37. The first-order chi connectivity index (χ1) is 13.2.